The molecular weight excluding hydrogens is 400 g/mol. The Morgan fingerprint density at radius 1 is 1.21 bits per heavy atom. The summed E-state index contributed by atoms with van der Waals surface area (Å²) in [4.78, 5) is 14.5. The third-order valence-corrected chi connectivity index (χ3v) is 4.49. The quantitative estimate of drug-likeness (QED) is 0.721. The van der Waals surface area contributed by atoms with Gasteiger partial charge in [0.1, 0.15) is 5.75 Å². The highest BCUT2D eigenvalue weighted by molar-refractivity contribution is 7.97. The number of nitrogens with zero attached hydrogens (tertiary/aromatic N) is 3. The summed E-state index contributed by atoms with van der Waals surface area (Å²) in [7, 11) is 0. The van der Waals surface area contributed by atoms with Crippen LogP contribution in [0.1, 0.15) is 52.3 Å². The lowest BCUT2D eigenvalue weighted by molar-refractivity contribution is -0.133. The molecule has 0 saturated heterocycles. The van der Waals surface area contributed by atoms with Crippen molar-refractivity contribution in [1.29, 1.82) is 0 Å². The van der Waals surface area contributed by atoms with Crippen LogP contribution in [-0.4, -0.2) is 37.8 Å². The zero-order valence-electron chi connectivity index (χ0n) is 17.4. The van der Waals surface area contributed by atoms with Gasteiger partial charge in [0.05, 0.1) is 24.8 Å². The number of fused-ring (bicyclic) bond motifs is 1. The van der Waals surface area contributed by atoms with Gasteiger partial charge in [0, 0.05) is 35.1 Å². The first kappa shape index (κ1) is 24.9. The normalized spacial score (nSPS) is 13.1. The first-order valence-electron chi connectivity index (χ1n) is 9.67. The number of ether oxygens (including phenoxy) is 1. The molecule has 1 aromatic carbocycles. The van der Waals surface area contributed by atoms with E-state index in [2.05, 4.69) is 9.84 Å². The molecule has 0 radical (unpaired) electrons. The smallest absolute Gasteiger partial charge is 0.387 e. The zero-order chi connectivity index (χ0) is 22.0. The van der Waals surface area contributed by atoms with E-state index in [1.54, 1.807) is 28.0 Å². The maximum atomic E-state index is 12.1. The van der Waals surface area contributed by atoms with E-state index in [0.29, 0.717) is 13.1 Å². The van der Waals surface area contributed by atoms with E-state index in [4.69, 9.17) is 0 Å². The molecule has 0 spiro atoms. The highest BCUT2D eigenvalue weighted by atomic mass is 32.2. The maximum Gasteiger partial charge on any atom is 0.387 e. The van der Waals surface area contributed by atoms with Crippen molar-refractivity contribution in [3.05, 3.63) is 41.7 Å². The molecule has 1 unspecified atom stereocenters. The zero-order valence-corrected chi connectivity index (χ0v) is 18.2. The predicted octanol–water partition coefficient (Wildman–Crippen LogP) is 4.71. The highest BCUT2D eigenvalue weighted by Crippen LogP contribution is 2.28. The molecule has 162 valence electrons. The van der Waals surface area contributed by atoms with Crippen molar-refractivity contribution < 1.29 is 23.4 Å². The third kappa shape index (κ3) is 7.66. The lowest BCUT2D eigenvalue weighted by atomic mass is 10.2. The first-order chi connectivity index (χ1) is 13.9. The van der Waals surface area contributed by atoms with Gasteiger partial charge >= 0.3 is 6.61 Å². The van der Waals surface area contributed by atoms with E-state index in [9.17, 15) is 18.7 Å². The second-order valence-electron chi connectivity index (χ2n) is 5.75. The molecule has 6 nitrogen and oxygen atoms in total. The van der Waals surface area contributed by atoms with Gasteiger partial charge in [-0.05, 0) is 31.2 Å². The van der Waals surface area contributed by atoms with Crippen LogP contribution in [0.5, 0.6) is 5.75 Å². The van der Waals surface area contributed by atoms with Crippen LogP contribution in [0.25, 0.3) is 0 Å². The van der Waals surface area contributed by atoms with Crippen LogP contribution in [0.15, 0.2) is 35.4 Å². The number of hydrogen-bond acceptors (Lipinski definition) is 5. The molecule has 2 heterocycles. The monoisotopic (exact) mass is 429 g/mol. The van der Waals surface area contributed by atoms with Crippen molar-refractivity contribution in [1.82, 2.24) is 14.1 Å². The highest BCUT2D eigenvalue weighted by Gasteiger charge is 2.27. The number of aromatic nitrogens is 2. The Balaban J connectivity index is 0.000000989. The van der Waals surface area contributed by atoms with Crippen molar-refractivity contribution in [2.24, 2.45) is 0 Å². The van der Waals surface area contributed by atoms with Gasteiger partial charge in [0.2, 0.25) is 5.91 Å². The second-order valence-corrected chi connectivity index (χ2v) is 6.78. The minimum atomic E-state index is -2.84. The molecule has 1 aliphatic rings. The van der Waals surface area contributed by atoms with Crippen molar-refractivity contribution in [2.45, 2.75) is 71.7 Å². The van der Waals surface area contributed by atoms with E-state index in [1.165, 1.54) is 24.1 Å². The summed E-state index contributed by atoms with van der Waals surface area (Å²) >= 11 is 1.34. The van der Waals surface area contributed by atoms with Crippen molar-refractivity contribution >= 4 is 17.9 Å². The topological polar surface area (TPSA) is 67.6 Å². The Labute approximate surface area is 175 Å². The molecule has 1 atom stereocenters. The number of amides is 1. The molecule has 1 aromatic heterocycles. The van der Waals surface area contributed by atoms with Crippen LogP contribution in [-0.2, 0) is 17.9 Å². The fraction of sp³-hybridized carbons (Fsp3) is 0.500. The lowest BCUT2D eigenvalue weighted by Crippen LogP contribution is -2.28. The van der Waals surface area contributed by atoms with Crippen LogP contribution in [0.3, 0.4) is 0 Å². The van der Waals surface area contributed by atoms with Crippen LogP contribution >= 0.6 is 11.9 Å². The number of aliphatic hydroxyl groups excluding tert-OH is 1. The standard InChI is InChI=1S/C16H17F2N3O3S.2C2H6/c1-10(22)6-15(23)20-7-11-8-21(19-14(11)9-20)25-13-4-2-12(3-5-13)24-16(17)18;2*1-2/h2-5,8,10,16,22H,6-7,9H2,1H3;2*1-2H3. The summed E-state index contributed by atoms with van der Waals surface area (Å²) in [6, 6.07) is 6.30. The molecule has 9 heteroatoms. The fourth-order valence-electron chi connectivity index (χ4n) is 2.52. The van der Waals surface area contributed by atoms with Gasteiger partial charge in [0.25, 0.3) is 0 Å². The SMILES string of the molecule is CC.CC.CC(O)CC(=O)N1Cc2cn(Sc3ccc(OC(F)F)cc3)nc2C1. The minimum Gasteiger partial charge on any atom is -0.435 e. The summed E-state index contributed by atoms with van der Waals surface area (Å²) in [6.45, 7) is 7.65. The second kappa shape index (κ2) is 12.4. The molecule has 0 saturated carbocycles. The van der Waals surface area contributed by atoms with Crippen LogP contribution in [0.4, 0.5) is 8.78 Å². The summed E-state index contributed by atoms with van der Waals surface area (Å²) in [6.07, 6.45) is 1.29. The molecule has 0 aliphatic carbocycles. The number of halogens is 2. The predicted molar refractivity (Wildman–Crippen MR) is 110 cm³/mol. The summed E-state index contributed by atoms with van der Waals surface area (Å²) < 4.78 is 30.3. The Morgan fingerprint density at radius 3 is 2.34 bits per heavy atom. The number of hydrogen-bond donors (Lipinski definition) is 1. The average molecular weight is 430 g/mol. The molecule has 2 aromatic rings. The molecule has 0 fully saturated rings. The number of aliphatic hydroxyl groups is 1. The van der Waals surface area contributed by atoms with Gasteiger partial charge in [-0.1, -0.05) is 27.7 Å². The number of benzene rings is 1. The Morgan fingerprint density at radius 2 is 1.83 bits per heavy atom. The Hall–Kier alpha value is -2.13. The van der Waals surface area contributed by atoms with Gasteiger partial charge in [-0.25, -0.2) is 4.09 Å². The Kier molecular flexibility index (Phi) is 10.7. The summed E-state index contributed by atoms with van der Waals surface area (Å²) in [5, 5.41) is 13.7. The largest absolute Gasteiger partial charge is 0.435 e. The van der Waals surface area contributed by atoms with E-state index >= 15 is 0 Å². The van der Waals surface area contributed by atoms with Crippen molar-refractivity contribution in [3.63, 3.8) is 0 Å². The number of alkyl halides is 2. The van der Waals surface area contributed by atoms with Crippen LogP contribution < -0.4 is 4.74 Å². The van der Waals surface area contributed by atoms with E-state index in [-0.39, 0.29) is 18.1 Å². The van der Waals surface area contributed by atoms with E-state index < -0.39 is 12.7 Å². The lowest BCUT2D eigenvalue weighted by Gasteiger charge is -2.16. The molecule has 0 bridgehead atoms. The Bertz CT molecular complexity index is 728. The number of rotatable bonds is 6. The van der Waals surface area contributed by atoms with Crippen LogP contribution in [0.2, 0.25) is 0 Å². The van der Waals surface area contributed by atoms with E-state index in [0.717, 1.165) is 16.2 Å². The summed E-state index contributed by atoms with van der Waals surface area (Å²) in [5.41, 5.74) is 1.79. The third-order valence-electron chi connectivity index (χ3n) is 3.63. The summed E-state index contributed by atoms with van der Waals surface area (Å²) in [5.74, 6) is 0.0106. The van der Waals surface area contributed by atoms with Crippen LogP contribution in [0, 0.1) is 0 Å². The number of carbonyl (C=O) groups excluding carboxylic acids is 1. The van der Waals surface area contributed by atoms with E-state index in [1.807, 2.05) is 33.9 Å². The fourth-order valence-corrected chi connectivity index (χ4v) is 3.32. The molecule has 1 N–H and O–H groups in total. The van der Waals surface area contributed by atoms with Gasteiger partial charge < -0.3 is 14.7 Å². The molecule has 1 amide bonds. The van der Waals surface area contributed by atoms with Crippen molar-refractivity contribution in [2.75, 3.05) is 0 Å². The maximum absolute atomic E-state index is 12.1. The van der Waals surface area contributed by atoms with Gasteiger partial charge in [-0.15, -0.1) is 0 Å². The average Bonchev–Trinajstić information content (AvgIpc) is 3.24. The van der Waals surface area contributed by atoms with Gasteiger partial charge in [0.15, 0.2) is 0 Å². The molecule has 29 heavy (non-hydrogen) atoms. The number of carbonyl (C=O) groups is 1. The minimum absolute atomic E-state index is 0.0955. The molecule has 1 aliphatic heterocycles. The van der Waals surface area contributed by atoms with Gasteiger partial charge in [-0.3, -0.25) is 4.79 Å². The van der Waals surface area contributed by atoms with Gasteiger partial charge in [-0.2, -0.15) is 13.9 Å². The first-order valence-corrected chi connectivity index (χ1v) is 10.4. The van der Waals surface area contributed by atoms with Crippen molar-refractivity contribution in [3.8, 4) is 5.75 Å². The molecular formula is C20H29F2N3O3S. The molecule has 3 rings (SSSR count).